The van der Waals surface area contributed by atoms with Gasteiger partial charge in [-0.15, -0.1) is 0 Å². The van der Waals surface area contributed by atoms with Gasteiger partial charge in [0.2, 0.25) is 0 Å². The molecule has 48 valence electrons. The molecule has 0 saturated heterocycles. The van der Waals surface area contributed by atoms with E-state index in [1.807, 2.05) is 0 Å². The summed E-state index contributed by atoms with van der Waals surface area (Å²) >= 11 is 2.77. The molecule has 0 N–H and O–H groups in total. The minimum absolute atomic E-state index is 0.0430. The van der Waals surface area contributed by atoms with E-state index in [9.17, 15) is 8.78 Å². The zero-order chi connectivity index (χ0) is 6.85. The van der Waals surface area contributed by atoms with Crippen LogP contribution in [-0.4, -0.2) is 9.97 Å². The summed E-state index contributed by atoms with van der Waals surface area (Å²) in [5, 5.41) is 0. The molecule has 0 atom stereocenters. The van der Waals surface area contributed by atoms with Crippen LogP contribution in [0.25, 0.3) is 0 Å². The standard InChI is InChI=1S/C4HBrF2N2/c5-4-8-1-2(6)3(7)9-4/h1H. The van der Waals surface area contributed by atoms with Crippen LogP contribution in [0.15, 0.2) is 10.9 Å². The highest BCUT2D eigenvalue weighted by atomic mass is 79.9. The smallest absolute Gasteiger partial charge is 0.227 e. The molecule has 1 aromatic heterocycles. The van der Waals surface area contributed by atoms with Crippen molar-refractivity contribution >= 4 is 15.9 Å². The Kier molecular flexibility index (Phi) is 1.70. The van der Waals surface area contributed by atoms with Gasteiger partial charge in [0.05, 0.1) is 6.20 Å². The second kappa shape index (κ2) is 2.34. The van der Waals surface area contributed by atoms with Crippen LogP contribution >= 0.6 is 15.9 Å². The molecular formula is C4HBrF2N2. The SMILES string of the molecule is Fc1cnc(Br)nc1F. The van der Waals surface area contributed by atoms with E-state index in [4.69, 9.17) is 0 Å². The van der Waals surface area contributed by atoms with Crippen LogP contribution in [0.3, 0.4) is 0 Å². The predicted molar refractivity (Wildman–Crippen MR) is 29.6 cm³/mol. The zero-order valence-corrected chi connectivity index (χ0v) is 5.69. The number of aromatic nitrogens is 2. The number of halogens is 3. The van der Waals surface area contributed by atoms with Crippen molar-refractivity contribution in [1.82, 2.24) is 9.97 Å². The van der Waals surface area contributed by atoms with E-state index in [0.717, 1.165) is 6.20 Å². The maximum absolute atomic E-state index is 12.0. The third-order valence-corrected chi connectivity index (χ3v) is 1.05. The van der Waals surface area contributed by atoms with Gasteiger partial charge in [0.1, 0.15) is 0 Å². The fourth-order valence-electron chi connectivity index (χ4n) is 0.326. The number of hydrogen-bond acceptors (Lipinski definition) is 2. The zero-order valence-electron chi connectivity index (χ0n) is 4.11. The van der Waals surface area contributed by atoms with Crippen molar-refractivity contribution < 1.29 is 8.78 Å². The molecule has 0 aliphatic rings. The van der Waals surface area contributed by atoms with Crippen molar-refractivity contribution in [3.8, 4) is 0 Å². The summed E-state index contributed by atoms with van der Waals surface area (Å²) in [5.74, 6) is -2.19. The minimum atomic E-state index is -1.14. The lowest BCUT2D eigenvalue weighted by Crippen LogP contribution is -1.91. The highest BCUT2D eigenvalue weighted by Gasteiger charge is 2.01. The fraction of sp³-hybridized carbons (Fsp3) is 0. The lowest BCUT2D eigenvalue weighted by atomic mass is 10.6. The Hall–Kier alpha value is -0.580. The maximum atomic E-state index is 12.0. The Balaban J connectivity index is 3.17. The van der Waals surface area contributed by atoms with Crippen molar-refractivity contribution in [3.63, 3.8) is 0 Å². The highest BCUT2D eigenvalue weighted by Crippen LogP contribution is 2.04. The van der Waals surface area contributed by atoms with Crippen molar-refractivity contribution in [2.24, 2.45) is 0 Å². The van der Waals surface area contributed by atoms with Gasteiger partial charge >= 0.3 is 0 Å². The summed E-state index contributed by atoms with van der Waals surface area (Å²) in [4.78, 5) is 6.37. The topological polar surface area (TPSA) is 25.8 Å². The molecule has 9 heavy (non-hydrogen) atoms. The molecule has 1 aromatic rings. The van der Waals surface area contributed by atoms with Gasteiger partial charge in [-0.3, -0.25) is 0 Å². The van der Waals surface area contributed by atoms with Crippen molar-refractivity contribution in [1.29, 1.82) is 0 Å². The Morgan fingerprint density at radius 1 is 1.44 bits per heavy atom. The normalized spacial score (nSPS) is 9.67. The molecule has 0 aliphatic carbocycles. The van der Waals surface area contributed by atoms with Crippen molar-refractivity contribution in [3.05, 3.63) is 22.7 Å². The van der Waals surface area contributed by atoms with Gasteiger partial charge in [-0.05, 0) is 15.9 Å². The second-order valence-corrected chi connectivity index (χ2v) is 1.99. The summed E-state index contributed by atoms with van der Waals surface area (Å²) < 4.78 is 24.0. The van der Waals surface area contributed by atoms with Gasteiger partial charge in [0, 0.05) is 0 Å². The molecule has 0 fully saturated rings. The summed E-state index contributed by atoms with van der Waals surface area (Å²) in [6.45, 7) is 0. The lowest BCUT2D eigenvalue weighted by Gasteiger charge is -1.88. The van der Waals surface area contributed by atoms with E-state index in [1.54, 1.807) is 0 Å². The monoisotopic (exact) mass is 194 g/mol. The first-order valence-electron chi connectivity index (χ1n) is 2.03. The van der Waals surface area contributed by atoms with E-state index in [0.29, 0.717) is 0 Å². The third kappa shape index (κ3) is 1.41. The van der Waals surface area contributed by atoms with E-state index in [1.165, 1.54) is 0 Å². The molecule has 0 aliphatic heterocycles. The largest absolute Gasteiger partial charge is 0.253 e. The molecule has 0 amide bonds. The second-order valence-electron chi connectivity index (χ2n) is 1.28. The molecule has 1 rings (SSSR count). The van der Waals surface area contributed by atoms with Gasteiger partial charge < -0.3 is 0 Å². The Labute approximate surface area is 58.1 Å². The first-order valence-corrected chi connectivity index (χ1v) is 2.83. The number of nitrogens with zero attached hydrogens (tertiary/aromatic N) is 2. The molecule has 1 heterocycles. The van der Waals surface area contributed by atoms with Crippen LogP contribution in [0, 0.1) is 11.8 Å². The molecule has 0 bridgehead atoms. The van der Waals surface area contributed by atoms with Crippen LogP contribution in [0.2, 0.25) is 0 Å². The summed E-state index contributed by atoms with van der Waals surface area (Å²) in [6.07, 6.45) is 0.756. The van der Waals surface area contributed by atoms with Crippen LogP contribution in [0.4, 0.5) is 8.78 Å². The molecule has 5 heteroatoms. The molecular weight excluding hydrogens is 194 g/mol. The lowest BCUT2D eigenvalue weighted by molar-refractivity contribution is 0.470. The average Bonchev–Trinajstić information content (AvgIpc) is 1.80. The third-order valence-electron chi connectivity index (χ3n) is 0.672. The number of rotatable bonds is 0. The summed E-state index contributed by atoms with van der Waals surface area (Å²) in [6, 6.07) is 0. The van der Waals surface area contributed by atoms with Gasteiger partial charge in [-0.25, -0.2) is 9.37 Å². The molecule has 0 unspecified atom stereocenters. The summed E-state index contributed by atoms with van der Waals surface area (Å²) in [7, 11) is 0. The quantitative estimate of drug-likeness (QED) is 0.463. The van der Waals surface area contributed by atoms with Gasteiger partial charge in [0.25, 0.3) is 5.95 Å². The van der Waals surface area contributed by atoms with Gasteiger partial charge in [0.15, 0.2) is 10.6 Å². The number of hydrogen-bond donors (Lipinski definition) is 0. The molecule has 0 aromatic carbocycles. The average molecular weight is 195 g/mol. The molecule has 0 saturated carbocycles. The Morgan fingerprint density at radius 3 is 2.56 bits per heavy atom. The van der Waals surface area contributed by atoms with Crippen LogP contribution in [0.5, 0.6) is 0 Å². The molecule has 0 spiro atoms. The van der Waals surface area contributed by atoms with Crippen LogP contribution in [-0.2, 0) is 0 Å². The van der Waals surface area contributed by atoms with E-state index < -0.39 is 11.8 Å². The molecule has 2 nitrogen and oxygen atoms in total. The highest BCUT2D eigenvalue weighted by molar-refractivity contribution is 9.10. The van der Waals surface area contributed by atoms with E-state index >= 15 is 0 Å². The summed E-state index contributed by atoms with van der Waals surface area (Å²) in [5.41, 5.74) is 0. The maximum Gasteiger partial charge on any atom is 0.253 e. The minimum Gasteiger partial charge on any atom is -0.227 e. The van der Waals surface area contributed by atoms with Gasteiger partial charge in [-0.2, -0.15) is 9.37 Å². The van der Waals surface area contributed by atoms with E-state index in [-0.39, 0.29) is 4.73 Å². The van der Waals surface area contributed by atoms with Crippen molar-refractivity contribution in [2.75, 3.05) is 0 Å². The fourth-order valence-corrected chi connectivity index (χ4v) is 0.585. The van der Waals surface area contributed by atoms with Crippen LogP contribution < -0.4 is 0 Å². The molecule has 0 radical (unpaired) electrons. The van der Waals surface area contributed by atoms with Gasteiger partial charge in [-0.1, -0.05) is 0 Å². The van der Waals surface area contributed by atoms with Crippen LogP contribution in [0.1, 0.15) is 0 Å². The Morgan fingerprint density at radius 2 is 2.11 bits per heavy atom. The van der Waals surface area contributed by atoms with E-state index in [2.05, 4.69) is 25.9 Å². The van der Waals surface area contributed by atoms with Crippen molar-refractivity contribution in [2.45, 2.75) is 0 Å². The predicted octanol–water partition coefficient (Wildman–Crippen LogP) is 1.52. The first kappa shape index (κ1) is 6.54. The first-order chi connectivity index (χ1) is 4.20. The Bertz CT molecular complexity index is 228.